The van der Waals surface area contributed by atoms with Crippen LogP contribution in [0.15, 0.2) is 0 Å². The van der Waals surface area contributed by atoms with Gasteiger partial charge in [0.05, 0.1) is 19.8 Å². The first kappa shape index (κ1) is 14.2. The Bertz CT molecular complexity index is 274. The number of amides is 2. The van der Waals surface area contributed by atoms with Crippen LogP contribution in [-0.2, 0) is 9.53 Å². The van der Waals surface area contributed by atoms with Gasteiger partial charge in [-0.05, 0) is 0 Å². The number of nitrogens with two attached hydrogens (primary N) is 1. The fraction of sp³-hybridized carbons (Fsp3) is 0.556. The van der Waals surface area contributed by atoms with Crippen LogP contribution in [0, 0.1) is 12.3 Å². The van der Waals surface area contributed by atoms with Gasteiger partial charge in [0, 0.05) is 6.54 Å². The zero-order chi connectivity index (χ0) is 12.4. The smallest absolute Gasteiger partial charge is 0.322 e. The summed E-state index contributed by atoms with van der Waals surface area (Å²) in [4.78, 5) is 21.2. The predicted octanol–water partition coefficient (Wildman–Crippen LogP) is -1.65. The molecular formula is C9H15N3O4. The summed E-state index contributed by atoms with van der Waals surface area (Å²) >= 11 is 0. The average molecular weight is 229 g/mol. The Balaban J connectivity index is 3.37. The van der Waals surface area contributed by atoms with E-state index in [1.165, 1.54) is 0 Å². The molecule has 0 aromatic heterocycles. The van der Waals surface area contributed by atoms with Gasteiger partial charge in [0.15, 0.2) is 0 Å². The van der Waals surface area contributed by atoms with Crippen molar-refractivity contribution in [2.75, 3.05) is 26.3 Å². The zero-order valence-electron chi connectivity index (χ0n) is 8.73. The van der Waals surface area contributed by atoms with Crippen LogP contribution in [0.25, 0.3) is 0 Å². The summed E-state index contributed by atoms with van der Waals surface area (Å²) in [5.74, 6) is 1.12. The van der Waals surface area contributed by atoms with Crippen molar-refractivity contribution in [2.45, 2.75) is 6.04 Å². The maximum absolute atomic E-state index is 10.9. The van der Waals surface area contributed by atoms with Crippen LogP contribution in [0.5, 0.6) is 0 Å². The molecule has 0 heterocycles. The third kappa shape index (κ3) is 7.61. The van der Waals surface area contributed by atoms with Gasteiger partial charge in [-0.1, -0.05) is 5.92 Å². The monoisotopic (exact) mass is 229 g/mol. The lowest BCUT2D eigenvalue weighted by atomic mass is 10.3. The molecule has 0 fully saturated rings. The summed E-state index contributed by atoms with van der Waals surface area (Å²) in [6.07, 6.45) is 4.93. The number of carbonyl (C=O) groups is 2. The van der Waals surface area contributed by atoms with Gasteiger partial charge in [-0.3, -0.25) is 4.79 Å². The molecule has 5 N–H and O–H groups in total. The molecule has 0 radical (unpaired) electrons. The minimum Gasteiger partial charge on any atom is -0.480 e. The van der Waals surface area contributed by atoms with E-state index in [1.54, 1.807) is 0 Å². The first-order chi connectivity index (χ1) is 7.57. The number of terminal acetylenes is 1. The van der Waals surface area contributed by atoms with Crippen molar-refractivity contribution in [2.24, 2.45) is 5.73 Å². The minimum atomic E-state index is -1.13. The number of urea groups is 1. The molecule has 0 bridgehead atoms. The number of hydrogen-bond acceptors (Lipinski definition) is 4. The molecule has 0 aliphatic rings. The maximum Gasteiger partial charge on any atom is 0.322 e. The zero-order valence-corrected chi connectivity index (χ0v) is 8.73. The molecule has 7 heteroatoms. The van der Waals surface area contributed by atoms with Crippen molar-refractivity contribution in [3.8, 4) is 12.3 Å². The Morgan fingerprint density at radius 3 is 2.75 bits per heavy atom. The lowest BCUT2D eigenvalue weighted by Gasteiger charge is -2.08. The Labute approximate surface area is 93.3 Å². The van der Waals surface area contributed by atoms with Gasteiger partial charge in [0.2, 0.25) is 0 Å². The summed E-state index contributed by atoms with van der Waals surface area (Å²) in [6, 6.07) is -1.45. The van der Waals surface area contributed by atoms with E-state index >= 15 is 0 Å². The van der Waals surface area contributed by atoms with E-state index in [9.17, 15) is 9.59 Å². The van der Waals surface area contributed by atoms with Gasteiger partial charge in [0.1, 0.15) is 6.04 Å². The third-order valence-electron chi connectivity index (χ3n) is 1.50. The van der Waals surface area contributed by atoms with Crippen molar-refractivity contribution in [3.63, 3.8) is 0 Å². The molecule has 16 heavy (non-hydrogen) atoms. The highest BCUT2D eigenvalue weighted by atomic mass is 16.5. The number of carbonyl (C=O) groups excluding carboxylic acids is 1. The second-order valence-electron chi connectivity index (χ2n) is 2.83. The second kappa shape index (κ2) is 8.52. The van der Waals surface area contributed by atoms with E-state index in [4.69, 9.17) is 22.0 Å². The number of ether oxygens (including phenoxy) is 1. The number of carboxylic acids is 1. The minimum absolute atomic E-state index is 0.0943. The molecule has 0 unspecified atom stereocenters. The van der Waals surface area contributed by atoms with Crippen LogP contribution >= 0.6 is 0 Å². The Kier molecular flexibility index (Phi) is 7.57. The van der Waals surface area contributed by atoms with Gasteiger partial charge in [0.25, 0.3) is 0 Å². The highest BCUT2D eigenvalue weighted by molar-refractivity contribution is 5.74. The molecule has 0 saturated heterocycles. The fourth-order valence-electron chi connectivity index (χ4n) is 0.712. The summed E-state index contributed by atoms with van der Waals surface area (Å²) in [5, 5.41) is 13.3. The molecule has 0 saturated carbocycles. The lowest BCUT2D eigenvalue weighted by Crippen LogP contribution is -2.39. The molecule has 7 nitrogen and oxygen atoms in total. The van der Waals surface area contributed by atoms with Gasteiger partial charge >= 0.3 is 12.0 Å². The molecule has 0 spiro atoms. The number of carboxylic acid groups (broad SMARTS) is 1. The van der Waals surface area contributed by atoms with Crippen molar-refractivity contribution in [1.29, 1.82) is 0 Å². The normalized spacial score (nSPS) is 11.2. The molecule has 0 rings (SSSR count). The lowest BCUT2D eigenvalue weighted by molar-refractivity contribution is -0.139. The Morgan fingerprint density at radius 1 is 1.50 bits per heavy atom. The van der Waals surface area contributed by atoms with Gasteiger partial charge in [-0.2, -0.15) is 0 Å². The van der Waals surface area contributed by atoms with E-state index in [-0.39, 0.29) is 26.3 Å². The molecule has 0 aromatic rings. The van der Waals surface area contributed by atoms with Gasteiger partial charge < -0.3 is 26.2 Å². The van der Waals surface area contributed by atoms with Crippen LogP contribution in [0.2, 0.25) is 0 Å². The molecule has 1 atom stereocenters. The highest BCUT2D eigenvalue weighted by Gasteiger charge is 2.10. The van der Waals surface area contributed by atoms with Crippen LogP contribution in [0.4, 0.5) is 4.79 Å². The summed E-state index contributed by atoms with van der Waals surface area (Å²) in [5.41, 5.74) is 5.18. The number of aliphatic carboxylic acids is 1. The van der Waals surface area contributed by atoms with Crippen LogP contribution in [0.3, 0.4) is 0 Å². The standard InChI is InChI=1S/C9H15N3O4/c1-2-3-11-9(15)12-4-5-16-6-7(10)8(13)14/h1,7H,3-6,10H2,(H,13,14)(H2,11,12,15)/t7-/m0/s1. The molecule has 2 amide bonds. The Morgan fingerprint density at radius 2 is 2.19 bits per heavy atom. The Hall–Kier alpha value is -1.78. The average Bonchev–Trinajstić information content (AvgIpc) is 2.25. The number of rotatable bonds is 7. The van der Waals surface area contributed by atoms with Crippen LogP contribution in [0.1, 0.15) is 0 Å². The maximum atomic E-state index is 10.9. The third-order valence-corrected chi connectivity index (χ3v) is 1.50. The first-order valence-electron chi connectivity index (χ1n) is 4.59. The number of hydrogen-bond donors (Lipinski definition) is 4. The molecule has 0 aliphatic heterocycles. The van der Waals surface area contributed by atoms with Crippen molar-refractivity contribution in [1.82, 2.24) is 10.6 Å². The summed E-state index contributed by atoms with van der Waals surface area (Å²) in [6.45, 7) is 0.493. The van der Waals surface area contributed by atoms with E-state index in [0.29, 0.717) is 0 Å². The summed E-state index contributed by atoms with van der Waals surface area (Å²) < 4.78 is 4.92. The van der Waals surface area contributed by atoms with Gasteiger partial charge in [-0.15, -0.1) is 6.42 Å². The molecule has 90 valence electrons. The van der Waals surface area contributed by atoms with Gasteiger partial charge in [-0.25, -0.2) is 4.79 Å². The summed E-state index contributed by atoms with van der Waals surface area (Å²) in [7, 11) is 0. The first-order valence-corrected chi connectivity index (χ1v) is 4.59. The number of nitrogens with one attached hydrogen (secondary N) is 2. The van der Waals surface area contributed by atoms with Crippen LogP contribution in [-0.4, -0.2) is 49.5 Å². The van der Waals surface area contributed by atoms with E-state index in [0.717, 1.165) is 0 Å². The van der Waals surface area contributed by atoms with Crippen molar-refractivity contribution < 1.29 is 19.4 Å². The molecular weight excluding hydrogens is 214 g/mol. The van der Waals surface area contributed by atoms with E-state index in [2.05, 4.69) is 16.6 Å². The van der Waals surface area contributed by atoms with E-state index in [1.807, 2.05) is 0 Å². The van der Waals surface area contributed by atoms with Crippen molar-refractivity contribution in [3.05, 3.63) is 0 Å². The SMILES string of the molecule is C#CCNC(=O)NCCOC[C@H](N)C(=O)O. The second-order valence-corrected chi connectivity index (χ2v) is 2.83. The predicted molar refractivity (Wildman–Crippen MR) is 56.7 cm³/mol. The van der Waals surface area contributed by atoms with Crippen LogP contribution < -0.4 is 16.4 Å². The quantitative estimate of drug-likeness (QED) is 0.308. The molecule has 0 aromatic carbocycles. The van der Waals surface area contributed by atoms with E-state index < -0.39 is 18.0 Å². The fourth-order valence-corrected chi connectivity index (χ4v) is 0.712. The van der Waals surface area contributed by atoms with Crippen molar-refractivity contribution >= 4 is 12.0 Å². The largest absolute Gasteiger partial charge is 0.480 e. The highest BCUT2D eigenvalue weighted by Crippen LogP contribution is 1.81. The molecule has 0 aliphatic carbocycles. The topological polar surface area (TPSA) is 114 Å².